The summed E-state index contributed by atoms with van der Waals surface area (Å²) in [6, 6.07) is 0. The van der Waals surface area contributed by atoms with E-state index in [1.807, 2.05) is 6.92 Å². The van der Waals surface area contributed by atoms with Gasteiger partial charge in [-0.2, -0.15) is 5.10 Å². The van der Waals surface area contributed by atoms with Crippen LogP contribution in [0.5, 0.6) is 0 Å². The molecule has 0 amide bonds. The lowest BCUT2D eigenvalue weighted by Gasteiger charge is -2.17. The Bertz CT molecular complexity index is 490. The Labute approximate surface area is 122 Å². The Morgan fingerprint density at radius 3 is 2.70 bits per heavy atom. The fourth-order valence-corrected chi connectivity index (χ4v) is 2.32. The van der Waals surface area contributed by atoms with Crippen LogP contribution in [0.15, 0.2) is 0 Å². The molecule has 0 N–H and O–H groups in total. The molecule has 1 saturated heterocycles. The first-order valence-electron chi connectivity index (χ1n) is 6.53. The van der Waals surface area contributed by atoms with Gasteiger partial charge in [0, 0.05) is 6.92 Å². The quantitative estimate of drug-likeness (QED) is 0.776. The van der Waals surface area contributed by atoms with Gasteiger partial charge in [-0.15, -0.1) is 5.10 Å². The Balaban J connectivity index is 2.35. The maximum Gasteiger partial charge on any atom is 0.303 e. The van der Waals surface area contributed by atoms with Crippen molar-refractivity contribution >= 4 is 17.6 Å². The van der Waals surface area contributed by atoms with Crippen molar-refractivity contribution in [3.05, 3.63) is 22.0 Å². The molecule has 0 unspecified atom stereocenters. The molecule has 0 saturated carbocycles. The van der Waals surface area contributed by atoms with E-state index in [9.17, 15) is 4.79 Å². The molecule has 110 valence electrons. The van der Waals surface area contributed by atoms with Crippen LogP contribution in [-0.2, 0) is 32.0 Å². The van der Waals surface area contributed by atoms with Gasteiger partial charge in [0.25, 0.3) is 0 Å². The molecule has 20 heavy (non-hydrogen) atoms. The molecule has 0 bridgehead atoms. The molecule has 2 rings (SSSR count). The fraction of sp³-hybridized carbons (Fsp3) is 0.615. The molecule has 0 atom stereocenters. The third-order valence-corrected chi connectivity index (χ3v) is 3.20. The van der Waals surface area contributed by atoms with E-state index in [-0.39, 0.29) is 17.7 Å². The number of rotatable bonds is 5. The van der Waals surface area contributed by atoms with Crippen molar-refractivity contribution in [1.29, 1.82) is 0 Å². The van der Waals surface area contributed by atoms with Crippen molar-refractivity contribution < 1.29 is 19.0 Å². The number of carbonyl (C=O) groups is 1. The Morgan fingerprint density at radius 1 is 1.40 bits per heavy atom. The Morgan fingerprint density at radius 2 is 2.10 bits per heavy atom. The predicted octanol–water partition coefficient (Wildman–Crippen LogP) is 2.19. The van der Waals surface area contributed by atoms with Gasteiger partial charge in [-0.25, -0.2) is 0 Å². The summed E-state index contributed by atoms with van der Waals surface area (Å²) in [5.41, 5.74) is 2.18. The standard InChI is InChI=1S/C13H17ClN2O4/c1-3-4-9-10(7-20-8(2)17)15-16-12(14)11(9)13-18-5-6-19-13/h13H,3-7H2,1-2H3. The van der Waals surface area contributed by atoms with Crippen LogP contribution in [0.3, 0.4) is 0 Å². The van der Waals surface area contributed by atoms with E-state index in [0.717, 1.165) is 18.4 Å². The number of nitrogens with zero attached hydrogens (tertiary/aromatic N) is 2. The molecule has 1 fully saturated rings. The maximum absolute atomic E-state index is 10.9. The zero-order chi connectivity index (χ0) is 14.5. The SMILES string of the molecule is CCCc1c(COC(C)=O)nnc(Cl)c1C1OCCO1. The highest BCUT2D eigenvalue weighted by Gasteiger charge is 2.27. The van der Waals surface area contributed by atoms with Gasteiger partial charge in [-0.05, 0) is 12.0 Å². The second-order valence-corrected chi connectivity index (χ2v) is 4.79. The van der Waals surface area contributed by atoms with E-state index in [1.54, 1.807) is 0 Å². The van der Waals surface area contributed by atoms with Gasteiger partial charge < -0.3 is 14.2 Å². The molecule has 0 aromatic carbocycles. The average molecular weight is 301 g/mol. The summed E-state index contributed by atoms with van der Waals surface area (Å²) in [7, 11) is 0. The number of hydrogen-bond donors (Lipinski definition) is 0. The van der Waals surface area contributed by atoms with Crippen LogP contribution in [0.25, 0.3) is 0 Å². The van der Waals surface area contributed by atoms with Crippen LogP contribution in [-0.4, -0.2) is 29.4 Å². The summed E-state index contributed by atoms with van der Waals surface area (Å²) in [5, 5.41) is 8.21. The maximum atomic E-state index is 10.9. The number of ether oxygens (including phenoxy) is 3. The van der Waals surface area contributed by atoms with Crippen molar-refractivity contribution in [3.8, 4) is 0 Å². The zero-order valence-electron chi connectivity index (χ0n) is 11.5. The largest absolute Gasteiger partial charge is 0.459 e. The lowest BCUT2D eigenvalue weighted by molar-refractivity contribution is -0.142. The molecule has 1 aliphatic rings. The van der Waals surface area contributed by atoms with Crippen molar-refractivity contribution in [2.75, 3.05) is 13.2 Å². The summed E-state index contributed by atoms with van der Waals surface area (Å²) in [6.45, 7) is 4.52. The van der Waals surface area contributed by atoms with E-state index in [0.29, 0.717) is 24.5 Å². The van der Waals surface area contributed by atoms with Gasteiger partial charge in [0.15, 0.2) is 11.4 Å². The summed E-state index contributed by atoms with van der Waals surface area (Å²) in [6.07, 6.45) is 1.12. The minimum atomic E-state index is -0.518. The predicted molar refractivity (Wildman–Crippen MR) is 71.2 cm³/mol. The van der Waals surface area contributed by atoms with Gasteiger partial charge in [0.2, 0.25) is 0 Å². The van der Waals surface area contributed by atoms with Crippen LogP contribution in [0.2, 0.25) is 5.15 Å². The zero-order valence-corrected chi connectivity index (χ0v) is 12.3. The first kappa shape index (κ1) is 15.2. The van der Waals surface area contributed by atoms with Crippen LogP contribution < -0.4 is 0 Å². The molecule has 1 aromatic heterocycles. The van der Waals surface area contributed by atoms with E-state index < -0.39 is 6.29 Å². The van der Waals surface area contributed by atoms with E-state index in [1.165, 1.54) is 6.92 Å². The van der Waals surface area contributed by atoms with Gasteiger partial charge in [0.05, 0.1) is 18.8 Å². The molecule has 0 spiro atoms. The first-order chi connectivity index (χ1) is 9.63. The summed E-state index contributed by atoms with van der Waals surface area (Å²) in [5.74, 6) is -0.362. The number of esters is 1. The molecular formula is C13H17ClN2O4. The molecule has 0 radical (unpaired) electrons. The molecular weight excluding hydrogens is 284 g/mol. The van der Waals surface area contributed by atoms with Crippen molar-refractivity contribution in [2.45, 2.75) is 39.6 Å². The van der Waals surface area contributed by atoms with Gasteiger partial charge in [-0.3, -0.25) is 4.79 Å². The number of hydrogen-bond acceptors (Lipinski definition) is 6. The average Bonchev–Trinajstić information content (AvgIpc) is 2.92. The minimum absolute atomic E-state index is 0.0779. The number of halogens is 1. The van der Waals surface area contributed by atoms with Gasteiger partial charge in [-0.1, -0.05) is 24.9 Å². The third kappa shape index (κ3) is 3.45. The highest BCUT2D eigenvalue weighted by molar-refractivity contribution is 6.30. The van der Waals surface area contributed by atoms with Gasteiger partial charge in [0.1, 0.15) is 12.3 Å². The number of aromatic nitrogens is 2. The summed E-state index contributed by atoms with van der Waals surface area (Å²) < 4.78 is 16.0. The van der Waals surface area contributed by atoms with Crippen LogP contribution >= 0.6 is 11.6 Å². The molecule has 2 heterocycles. The lowest BCUT2D eigenvalue weighted by Crippen LogP contribution is -2.13. The third-order valence-electron chi connectivity index (χ3n) is 2.92. The monoisotopic (exact) mass is 300 g/mol. The summed E-state index contributed by atoms with van der Waals surface area (Å²) in [4.78, 5) is 10.9. The topological polar surface area (TPSA) is 70.5 Å². The molecule has 7 heteroatoms. The normalized spacial score (nSPS) is 15.6. The first-order valence-corrected chi connectivity index (χ1v) is 6.91. The molecule has 1 aliphatic heterocycles. The highest BCUT2D eigenvalue weighted by Crippen LogP contribution is 2.33. The second-order valence-electron chi connectivity index (χ2n) is 4.43. The molecule has 0 aliphatic carbocycles. The second kappa shape index (κ2) is 6.97. The molecule has 1 aromatic rings. The Kier molecular flexibility index (Phi) is 5.28. The van der Waals surface area contributed by atoms with Crippen LogP contribution in [0, 0.1) is 0 Å². The van der Waals surface area contributed by atoms with E-state index in [4.69, 9.17) is 25.8 Å². The highest BCUT2D eigenvalue weighted by atomic mass is 35.5. The molecule has 6 nitrogen and oxygen atoms in total. The smallest absolute Gasteiger partial charge is 0.303 e. The summed E-state index contributed by atoms with van der Waals surface area (Å²) >= 11 is 6.14. The van der Waals surface area contributed by atoms with Crippen LogP contribution in [0.4, 0.5) is 0 Å². The van der Waals surface area contributed by atoms with Crippen molar-refractivity contribution in [1.82, 2.24) is 10.2 Å². The minimum Gasteiger partial charge on any atom is -0.459 e. The Hall–Kier alpha value is -1.24. The number of carbonyl (C=O) groups excluding carboxylic acids is 1. The van der Waals surface area contributed by atoms with E-state index in [2.05, 4.69) is 10.2 Å². The van der Waals surface area contributed by atoms with Crippen LogP contribution in [0.1, 0.15) is 43.4 Å². The fourth-order valence-electron chi connectivity index (χ4n) is 2.08. The lowest BCUT2D eigenvalue weighted by atomic mass is 10.0. The van der Waals surface area contributed by atoms with E-state index >= 15 is 0 Å². The van der Waals surface area contributed by atoms with Gasteiger partial charge >= 0.3 is 5.97 Å². The van der Waals surface area contributed by atoms with Crippen molar-refractivity contribution in [2.24, 2.45) is 0 Å². The van der Waals surface area contributed by atoms with Crippen molar-refractivity contribution in [3.63, 3.8) is 0 Å².